The molecule has 0 aromatic heterocycles. The van der Waals surface area contributed by atoms with Crippen LogP contribution in [0.1, 0.15) is 32.6 Å². The quantitative estimate of drug-likeness (QED) is 0.367. The van der Waals surface area contributed by atoms with Crippen molar-refractivity contribution in [1.29, 1.82) is 0 Å². The van der Waals surface area contributed by atoms with Gasteiger partial charge in [-0.25, -0.2) is 0 Å². The molecule has 1 saturated heterocycles. The lowest BCUT2D eigenvalue weighted by molar-refractivity contribution is 0.116. The van der Waals surface area contributed by atoms with Gasteiger partial charge in [0.1, 0.15) is 0 Å². The zero-order valence-electron chi connectivity index (χ0n) is 15.8. The lowest BCUT2D eigenvalue weighted by Crippen LogP contribution is -2.56. The number of nitrogens with zero attached hydrogens (tertiary/aromatic N) is 3. The SMILES string of the molecule is CCSC1CCCC(NC(=NC)NCC2CN(C)CCN2C)C1.I. The molecular formula is C17H36IN5S. The second-order valence-electron chi connectivity index (χ2n) is 6.94. The molecule has 1 aliphatic carbocycles. The monoisotopic (exact) mass is 469 g/mol. The molecule has 3 atom stereocenters. The number of guanidine groups is 1. The zero-order chi connectivity index (χ0) is 16.7. The van der Waals surface area contributed by atoms with E-state index in [1.54, 1.807) is 0 Å². The Labute approximate surface area is 169 Å². The van der Waals surface area contributed by atoms with E-state index >= 15 is 0 Å². The van der Waals surface area contributed by atoms with Crippen LogP contribution in [0.25, 0.3) is 0 Å². The summed E-state index contributed by atoms with van der Waals surface area (Å²) in [6, 6.07) is 1.13. The number of rotatable bonds is 5. The Balaban J connectivity index is 0.00000288. The molecule has 2 aliphatic rings. The van der Waals surface area contributed by atoms with Crippen LogP contribution in [-0.2, 0) is 0 Å². The average molecular weight is 469 g/mol. The molecule has 24 heavy (non-hydrogen) atoms. The highest BCUT2D eigenvalue weighted by Crippen LogP contribution is 2.28. The average Bonchev–Trinajstić information content (AvgIpc) is 2.55. The Bertz CT molecular complexity index is 380. The maximum atomic E-state index is 4.44. The fourth-order valence-corrected chi connectivity index (χ4v) is 4.76. The third kappa shape index (κ3) is 7.25. The van der Waals surface area contributed by atoms with Gasteiger partial charge in [0.05, 0.1) is 0 Å². The van der Waals surface area contributed by atoms with Crippen LogP contribution in [-0.4, -0.2) is 86.2 Å². The third-order valence-corrected chi connectivity index (χ3v) is 6.31. The summed E-state index contributed by atoms with van der Waals surface area (Å²) in [5.74, 6) is 2.20. The number of hydrogen-bond acceptors (Lipinski definition) is 4. The predicted molar refractivity (Wildman–Crippen MR) is 118 cm³/mol. The van der Waals surface area contributed by atoms with Crippen molar-refractivity contribution >= 4 is 41.7 Å². The first-order valence-electron chi connectivity index (χ1n) is 9.10. The Kier molecular flexibility index (Phi) is 11.0. The van der Waals surface area contributed by atoms with Crippen molar-refractivity contribution in [2.75, 3.05) is 53.1 Å². The summed E-state index contributed by atoms with van der Waals surface area (Å²) in [5.41, 5.74) is 0. The van der Waals surface area contributed by atoms with Gasteiger partial charge in [-0.3, -0.25) is 9.89 Å². The Morgan fingerprint density at radius 3 is 2.75 bits per heavy atom. The first-order chi connectivity index (χ1) is 11.1. The molecule has 0 amide bonds. The van der Waals surface area contributed by atoms with Crippen molar-refractivity contribution < 1.29 is 0 Å². The van der Waals surface area contributed by atoms with Crippen molar-refractivity contribution in [2.45, 2.75) is 49.9 Å². The summed E-state index contributed by atoms with van der Waals surface area (Å²) in [6.07, 6.45) is 5.25. The maximum absolute atomic E-state index is 4.44. The molecule has 7 heteroatoms. The fourth-order valence-electron chi connectivity index (χ4n) is 3.59. The van der Waals surface area contributed by atoms with Gasteiger partial charge in [0, 0.05) is 50.6 Å². The second-order valence-corrected chi connectivity index (χ2v) is 8.51. The smallest absolute Gasteiger partial charge is 0.191 e. The topological polar surface area (TPSA) is 42.9 Å². The highest BCUT2D eigenvalue weighted by molar-refractivity contribution is 14.0. The van der Waals surface area contributed by atoms with Gasteiger partial charge >= 0.3 is 0 Å². The molecule has 0 aromatic carbocycles. The standard InChI is InChI=1S/C17H35N5S.HI/c1-5-23-16-8-6-7-14(11-16)20-17(18-2)19-12-15-13-21(3)9-10-22(15)4;/h14-16H,5-13H2,1-4H3,(H2,18,19,20);1H. The number of halogens is 1. The van der Waals surface area contributed by atoms with Crippen LogP contribution in [0.15, 0.2) is 4.99 Å². The minimum atomic E-state index is 0. The van der Waals surface area contributed by atoms with Gasteiger partial charge in [-0.1, -0.05) is 13.3 Å². The molecule has 1 heterocycles. The largest absolute Gasteiger partial charge is 0.355 e. The van der Waals surface area contributed by atoms with Crippen LogP contribution in [0.4, 0.5) is 0 Å². The first-order valence-corrected chi connectivity index (χ1v) is 10.1. The molecule has 2 fully saturated rings. The van der Waals surface area contributed by atoms with Crippen molar-refractivity contribution in [3.8, 4) is 0 Å². The predicted octanol–water partition coefficient (Wildman–Crippen LogP) is 2.08. The van der Waals surface area contributed by atoms with E-state index in [9.17, 15) is 0 Å². The summed E-state index contributed by atoms with van der Waals surface area (Å²) in [4.78, 5) is 9.30. The van der Waals surface area contributed by atoms with Gasteiger partial charge in [-0.2, -0.15) is 11.8 Å². The number of likely N-dealkylation sites (N-methyl/N-ethyl adjacent to an activating group) is 2. The molecule has 5 nitrogen and oxygen atoms in total. The molecule has 1 aliphatic heterocycles. The van der Waals surface area contributed by atoms with Gasteiger partial charge in [-0.15, -0.1) is 24.0 Å². The zero-order valence-corrected chi connectivity index (χ0v) is 18.9. The van der Waals surface area contributed by atoms with E-state index in [-0.39, 0.29) is 24.0 Å². The van der Waals surface area contributed by atoms with E-state index in [0.717, 1.165) is 30.8 Å². The Morgan fingerprint density at radius 2 is 2.04 bits per heavy atom. The van der Waals surface area contributed by atoms with Crippen LogP contribution >= 0.6 is 35.7 Å². The molecule has 3 unspecified atom stereocenters. The molecule has 0 spiro atoms. The van der Waals surface area contributed by atoms with Crippen LogP contribution < -0.4 is 10.6 Å². The molecule has 2 N–H and O–H groups in total. The first kappa shape index (κ1) is 22.3. The van der Waals surface area contributed by atoms with Gasteiger partial charge in [-0.05, 0) is 39.1 Å². The van der Waals surface area contributed by atoms with Crippen molar-refractivity contribution in [2.24, 2.45) is 4.99 Å². The van der Waals surface area contributed by atoms with Crippen LogP contribution in [0.5, 0.6) is 0 Å². The van der Waals surface area contributed by atoms with Crippen LogP contribution in [0.3, 0.4) is 0 Å². The molecule has 2 rings (SSSR count). The van der Waals surface area contributed by atoms with Gasteiger partial charge < -0.3 is 15.5 Å². The summed E-state index contributed by atoms with van der Waals surface area (Å²) < 4.78 is 0. The third-order valence-electron chi connectivity index (χ3n) is 5.08. The minimum Gasteiger partial charge on any atom is -0.355 e. The molecule has 1 saturated carbocycles. The normalized spacial score (nSPS) is 29.8. The Morgan fingerprint density at radius 1 is 1.25 bits per heavy atom. The van der Waals surface area contributed by atoms with Gasteiger partial charge in [0.2, 0.25) is 0 Å². The maximum Gasteiger partial charge on any atom is 0.191 e. The summed E-state index contributed by atoms with van der Waals surface area (Å²) in [6.45, 7) is 6.66. The fraction of sp³-hybridized carbons (Fsp3) is 0.941. The van der Waals surface area contributed by atoms with Crippen molar-refractivity contribution in [3.63, 3.8) is 0 Å². The number of thioether (sulfide) groups is 1. The van der Waals surface area contributed by atoms with E-state index in [1.807, 2.05) is 7.05 Å². The summed E-state index contributed by atoms with van der Waals surface area (Å²) >= 11 is 2.11. The molecule has 0 radical (unpaired) electrons. The lowest BCUT2D eigenvalue weighted by atomic mass is 9.95. The van der Waals surface area contributed by atoms with Crippen molar-refractivity contribution in [1.82, 2.24) is 20.4 Å². The number of piperazine rings is 1. The number of nitrogens with one attached hydrogen (secondary N) is 2. The van der Waals surface area contributed by atoms with E-state index in [2.05, 4.69) is 58.2 Å². The molecular weight excluding hydrogens is 433 g/mol. The van der Waals surface area contributed by atoms with E-state index < -0.39 is 0 Å². The number of aliphatic imine (C=N–C) groups is 1. The van der Waals surface area contributed by atoms with E-state index in [1.165, 1.54) is 38.0 Å². The summed E-state index contributed by atoms with van der Waals surface area (Å²) in [7, 11) is 6.32. The van der Waals surface area contributed by atoms with E-state index in [0.29, 0.717) is 12.1 Å². The van der Waals surface area contributed by atoms with Gasteiger partial charge in [0.25, 0.3) is 0 Å². The lowest BCUT2D eigenvalue weighted by Gasteiger charge is -2.38. The van der Waals surface area contributed by atoms with Gasteiger partial charge in [0.15, 0.2) is 5.96 Å². The van der Waals surface area contributed by atoms with Crippen LogP contribution in [0, 0.1) is 0 Å². The van der Waals surface area contributed by atoms with Crippen molar-refractivity contribution in [3.05, 3.63) is 0 Å². The minimum absolute atomic E-state index is 0. The highest BCUT2D eigenvalue weighted by atomic mass is 127. The molecule has 142 valence electrons. The molecule has 0 aromatic rings. The highest BCUT2D eigenvalue weighted by Gasteiger charge is 2.24. The number of hydrogen-bond donors (Lipinski definition) is 2. The second kappa shape index (κ2) is 11.8. The Hall–Kier alpha value is 0.270. The van der Waals surface area contributed by atoms with E-state index in [4.69, 9.17) is 0 Å². The van der Waals surface area contributed by atoms with Crippen LogP contribution in [0.2, 0.25) is 0 Å². The summed E-state index contributed by atoms with van der Waals surface area (Å²) in [5, 5.41) is 8.02. The molecule has 0 bridgehead atoms.